The Labute approximate surface area is 170 Å². The van der Waals surface area contributed by atoms with Gasteiger partial charge in [-0.25, -0.2) is 4.98 Å². The van der Waals surface area contributed by atoms with Gasteiger partial charge in [-0.3, -0.25) is 14.5 Å². The first-order chi connectivity index (χ1) is 13.8. The Morgan fingerprint density at radius 3 is 2.59 bits per heavy atom. The first kappa shape index (κ1) is 20.9. The number of para-hydroxylation sites is 1. The Balaban J connectivity index is 1.64. The number of rotatable bonds is 7. The molecule has 0 saturated heterocycles. The van der Waals surface area contributed by atoms with Crippen LogP contribution >= 0.6 is 11.8 Å². The number of hydrogen-bond acceptors (Lipinski definition) is 5. The van der Waals surface area contributed by atoms with E-state index in [2.05, 4.69) is 15.3 Å². The Kier molecular flexibility index (Phi) is 6.60. The number of likely N-dealkylation sites (N-methyl/N-ethyl adjacent to an activating group) is 1. The molecule has 0 bridgehead atoms. The number of benzene rings is 2. The number of fused-ring (bicyclic) bond motifs is 1. The van der Waals surface area contributed by atoms with Gasteiger partial charge in [0.1, 0.15) is 5.82 Å². The molecule has 29 heavy (non-hydrogen) atoms. The lowest BCUT2D eigenvalue weighted by Crippen LogP contribution is -2.39. The van der Waals surface area contributed by atoms with Crippen LogP contribution in [0.2, 0.25) is 0 Å². The number of carbonyl (C=O) groups is 1. The molecule has 1 atom stereocenters. The molecule has 0 radical (unpaired) electrons. The average Bonchev–Trinajstić information content (AvgIpc) is 2.68. The molecule has 2 N–H and O–H groups in total. The molecule has 152 valence electrons. The third-order valence-corrected chi connectivity index (χ3v) is 5.17. The highest BCUT2D eigenvalue weighted by Gasteiger charge is 2.19. The van der Waals surface area contributed by atoms with E-state index in [0.717, 1.165) is 0 Å². The molecule has 0 aliphatic carbocycles. The Morgan fingerprint density at radius 2 is 1.90 bits per heavy atom. The number of nitrogens with zero attached hydrogens (tertiary/aromatic N) is 2. The van der Waals surface area contributed by atoms with Crippen LogP contribution in [0.4, 0.5) is 14.5 Å². The zero-order chi connectivity index (χ0) is 21.0. The van der Waals surface area contributed by atoms with E-state index in [1.165, 1.54) is 12.1 Å². The third kappa shape index (κ3) is 5.39. The van der Waals surface area contributed by atoms with Crippen molar-refractivity contribution >= 4 is 34.3 Å². The van der Waals surface area contributed by atoms with E-state index in [4.69, 9.17) is 0 Å². The van der Waals surface area contributed by atoms with Gasteiger partial charge in [-0.2, -0.15) is 8.78 Å². The van der Waals surface area contributed by atoms with Crippen molar-refractivity contribution in [1.82, 2.24) is 14.9 Å². The minimum atomic E-state index is -2.49. The van der Waals surface area contributed by atoms with Crippen LogP contribution in [0.5, 0.6) is 0 Å². The molecular weight excluding hydrogens is 398 g/mol. The number of thioether (sulfide) groups is 1. The van der Waals surface area contributed by atoms with Crippen LogP contribution in [0.25, 0.3) is 10.9 Å². The summed E-state index contributed by atoms with van der Waals surface area (Å²) in [4.78, 5) is 34.1. The number of aromatic amines is 1. The van der Waals surface area contributed by atoms with E-state index in [9.17, 15) is 18.4 Å². The molecule has 1 unspecified atom stereocenters. The molecule has 9 heteroatoms. The number of H-pyrrole nitrogens is 1. The summed E-state index contributed by atoms with van der Waals surface area (Å²) in [5.74, 6) is -2.28. The molecule has 3 aromatic rings. The molecule has 0 spiro atoms. The van der Waals surface area contributed by atoms with Gasteiger partial charge in [0.15, 0.2) is 0 Å². The zero-order valence-corrected chi connectivity index (χ0v) is 16.7. The highest BCUT2D eigenvalue weighted by molar-refractivity contribution is 7.99. The molecule has 0 fully saturated rings. The second-order valence-electron chi connectivity index (χ2n) is 6.51. The van der Waals surface area contributed by atoms with Crippen molar-refractivity contribution in [3.63, 3.8) is 0 Å². The summed E-state index contributed by atoms with van der Waals surface area (Å²) in [6.45, 7) is 2.01. The first-order valence-corrected chi connectivity index (χ1v) is 9.75. The molecule has 3 rings (SSSR count). The minimum absolute atomic E-state index is 0.224. The molecular formula is C20H20F2N4O2S. The van der Waals surface area contributed by atoms with Crippen molar-refractivity contribution < 1.29 is 13.6 Å². The maximum absolute atomic E-state index is 12.5. The average molecular weight is 418 g/mol. The van der Waals surface area contributed by atoms with E-state index >= 15 is 0 Å². The van der Waals surface area contributed by atoms with E-state index in [1.54, 1.807) is 49.2 Å². The smallest absolute Gasteiger partial charge is 0.288 e. The maximum Gasteiger partial charge on any atom is 0.288 e. The Morgan fingerprint density at radius 1 is 1.21 bits per heavy atom. The summed E-state index contributed by atoms with van der Waals surface area (Å²) in [7, 11) is 1.75. The molecule has 6 nitrogen and oxygen atoms in total. The summed E-state index contributed by atoms with van der Waals surface area (Å²) in [5.41, 5.74) is 0.891. The highest BCUT2D eigenvalue weighted by Crippen LogP contribution is 2.26. The lowest BCUT2D eigenvalue weighted by atomic mass is 10.2. The molecule has 1 heterocycles. The predicted molar refractivity (Wildman–Crippen MR) is 110 cm³/mol. The molecule has 0 aliphatic rings. The van der Waals surface area contributed by atoms with Gasteiger partial charge >= 0.3 is 0 Å². The van der Waals surface area contributed by atoms with E-state index in [-0.39, 0.29) is 18.0 Å². The van der Waals surface area contributed by atoms with Crippen molar-refractivity contribution in [3.8, 4) is 0 Å². The van der Waals surface area contributed by atoms with Crippen molar-refractivity contribution in [2.24, 2.45) is 0 Å². The number of aromatic nitrogens is 2. The van der Waals surface area contributed by atoms with Crippen LogP contribution in [-0.4, -0.2) is 39.6 Å². The van der Waals surface area contributed by atoms with Crippen LogP contribution in [-0.2, 0) is 11.3 Å². The molecule has 0 aliphatic heterocycles. The van der Waals surface area contributed by atoms with Crippen LogP contribution in [0.1, 0.15) is 12.7 Å². The van der Waals surface area contributed by atoms with E-state index < -0.39 is 11.8 Å². The van der Waals surface area contributed by atoms with Gasteiger partial charge in [-0.1, -0.05) is 23.9 Å². The van der Waals surface area contributed by atoms with Crippen molar-refractivity contribution in [2.75, 3.05) is 12.4 Å². The number of amides is 1. The topological polar surface area (TPSA) is 78.1 Å². The van der Waals surface area contributed by atoms with Gasteiger partial charge in [0.2, 0.25) is 5.91 Å². The van der Waals surface area contributed by atoms with Gasteiger partial charge < -0.3 is 10.3 Å². The van der Waals surface area contributed by atoms with Crippen LogP contribution in [0.15, 0.2) is 58.2 Å². The van der Waals surface area contributed by atoms with Gasteiger partial charge in [0.25, 0.3) is 11.3 Å². The number of nitrogens with one attached hydrogen (secondary N) is 2. The predicted octanol–water partition coefficient (Wildman–Crippen LogP) is 3.70. The zero-order valence-electron chi connectivity index (χ0n) is 15.9. The number of hydrogen-bond donors (Lipinski definition) is 2. The van der Waals surface area contributed by atoms with Crippen LogP contribution < -0.4 is 10.9 Å². The van der Waals surface area contributed by atoms with Crippen molar-refractivity contribution in [1.29, 1.82) is 0 Å². The minimum Gasteiger partial charge on any atom is -0.325 e. The van der Waals surface area contributed by atoms with Gasteiger partial charge in [0.05, 0.1) is 23.5 Å². The monoisotopic (exact) mass is 418 g/mol. The fraction of sp³-hybridized carbons (Fsp3) is 0.250. The third-order valence-electron chi connectivity index (χ3n) is 4.45. The SMILES string of the molecule is CC(C(=O)Nc1ccc(SC(F)F)cc1)N(C)Cc1nc2ccccc2c(=O)[nH]1. The Bertz CT molecular complexity index is 1060. The Hall–Kier alpha value is -2.78. The molecule has 1 aromatic heterocycles. The van der Waals surface area contributed by atoms with E-state index in [0.29, 0.717) is 39.1 Å². The second-order valence-corrected chi connectivity index (χ2v) is 7.58. The highest BCUT2D eigenvalue weighted by atomic mass is 32.2. The summed E-state index contributed by atoms with van der Waals surface area (Å²) in [6.07, 6.45) is 0. The van der Waals surface area contributed by atoms with Crippen molar-refractivity contribution in [3.05, 3.63) is 64.7 Å². The molecule has 2 aromatic carbocycles. The summed E-state index contributed by atoms with van der Waals surface area (Å²) in [6, 6.07) is 12.8. The van der Waals surface area contributed by atoms with Crippen LogP contribution in [0.3, 0.4) is 0 Å². The summed E-state index contributed by atoms with van der Waals surface area (Å²) < 4.78 is 24.8. The van der Waals surface area contributed by atoms with Gasteiger partial charge in [0, 0.05) is 10.6 Å². The first-order valence-electron chi connectivity index (χ1n) is 8.87. The molecule has 1 amide bonds. The summed E-state index contributed by atoms with van der Waals surface area (Å²) >= 11 is 0.450. The largest absolute Gasteiger partial charge is 0.325 e. The number of anilines is 1. The van der Waals surface area contributed by atoms with Gasteiger partial charge in [-0.05, 0) is 50.4 Å². The summed E-state index contributed by atoms with van der Waals surface area (Å²) in [5, 5.41) is 3.27. The maximum atomic E-state index is 12.5. The fourth-order valence-corrected chi connectivity index (χ4v) is 3.25. The lowest BCUT2D eigenvalue weighted by Gasteiger charge is -2.23. The fourth-order valence-electron chi connectivity index (χ4n) is 2.75. The quantitative estimate of drug-likeness (QED) is 0.572. The number of carbonyl (C=O) groups excluding carboxylic acids is 1. The molecule has 0 saturated carbocycles. The number of halogens is 2. The van der Waals surface area contributed by atoms with Crippen molar-refractivity contribution in [2.45, 2.75) is 30.2 Å². The van der Waals surface area contributed by atoms with E-state index in [1.807, 2.05) is 6.07 Å². The second kappa shape index (κ2) is 9.15. The van der Waals surface area contributed by atoms with Gasteiger partial charge in [-0.15, -0.1) is 0 Å². The standard InChI is InChI=1S/C20H20F2N4O2S/c1-12(18(27)23-13-7-9-14(10-8-13)29-20(21)22)26(2)11-17-24-16-6-4-3-5-15(16)19(28)25-17/h3-10,12,20H,11H2,1-2H3,(H,23,27)(H,24,25,28). The van der Waals surface area contributed by atoms with Crippen LogP contribution in [0, 0.1) is 0 Å². The number of alkyl halides is 2. The normalized spacial score (nSPS) is 12.5. The lowest BCUT2D eigenvalue weighted by molar-refractivity contribution is -0.120.